The predicted molar refractivity (Wildman–Crippen MR) is 238 cm³/mol. The van der Waals surface area contributed by atoms with E-state index in [1.54, 1.807) is 0 Å². The minimum absolute atomic E-state index is 0.00676. The summed E-state index contributed by atoms with van der Waals surface area (Å²) in [5.41, 5.74) is 15.1. The van der Waals surface area contributed by atoms with Gasteiger partial charge in [-0.3, -0.25) is 5.32 Å². The summed E-state index contributed by atoms with van der Waals surface area (Å²) >= 11 is 1.87. The Balaban J connectivity index is 1.00. The van der Waals surface area contributed by atoms with Crippen molar-refractivity contribution in [2.24, 2.45) is 0 Å². The van der Waals surface area contributed by atoms with E-state index in [9.17, 15) is 0 Å². The quantitative estimate of drug-likeness (QED) is 0.184. The Morgan fingerprint density at radius 1 is 0.482 bits per heavy atom. The second kappa shape index (κ2) is 12.9. The van der Waals surface area contributed by atoms with E-state index < -0.39 is 0 Å². The molecule has 0 saturated heterocycles. The normalized spacial score (nSPS) is 17.1. The van der Waals surface area contributed by atoms with Gasteiger partial charge in [-0.15, -0.1) is 11.3 Å². The molecule has 2 nitrogen and oxygen atoms in total. The molecule has 8 aromatic carbocycles. The minimum atomic E-state index is -0.0879. The van der Waals surface area contributed by atoms with Crippen LogP contribution in [0.2, 0.25) is 0 Å². The maximum absolute atomic E-state index is 3.94. The molecule has 2 aliphatic rings. The Morgan fingerprint density at radius 3 is 2.07 bits per heavy atom. The van der Waals surface area contributed by atoms with Gasteiger partial charge in [-0.25, -0.2) is 0 Å². The van der Waals surface area contributed by atoms with E-state index in [0.29, 0.717) is 0 Å². The molecule has 0 fully saturated rings. The highest BCUT2D eigenvalue weighted by Gasteiger charge is 2.37. The van der Waals surface area contributed by atoms with Crippen LogP contribution in [-0.2, 0) is 5.41 Å². The fourth-order valence-corrected chi connectivity index (χ4v) is 10.3. The fourth-order valence-electron chi connectivity index (χ4n) is 9.22. The summed E-state index contributed by atoms with van der Waals surface area (Å²) in [5.74, 6) is 0. The van der Waals surface area contributed by atoms with E-state index in [1.165, 1.54) is 92.1 Å². The summed E-state index contributed by atoms with van der Waals surface area (Å²) in [4.78, 5) is 0. The van der Waals surface area contributed by atoms with Crippen LogP contribution in [0.15, 0.2) is 182 Å². The zero-order chi connectivity index (χ0) is 37.4. The molecule has 0 spiro atoms. The summed E-state index contributed by atoms with van der Waals surface area (Å²) in [7, 11) is 0. The summed E-state index contributed by atoms with van der Waals surface area (Å²) in [6.45, 7) is 4.75. The Kier molecular flexibility index (Phi) is 7.64. The number of fused-ring (bicyclic) bond motifs is 7. The molecular formula is C53H40N2S. The largest absolute Gasteiger partial charge is 0.366 e. The monoisotopic (exact) mass is 736 g/mol. The highest BCUT2D eigenvalue weighted by molar-refractivity contribution is 7.25. The first-order valence-corrected chi connectivity index (χ1v) is 20.4. The van der Waals surface area contributed by atoms with Crippen LogP contribution in [0.1, 0.15) is 53.9 Å². The third-order valence-corrected chi connectivity index (χ3v) is 13.3. The molecule has 0 amide bonds. The molecule has 2 N–H and O–H groups in total. The van der Waals surface area contributed by atoms with Gasteiger partial charge in [0.1, 0.15) is 6.17 Å². The third kappa shape index (κ3) is 5.42. The van der Waals surface area contributed by atoms with Crippen molar-refractivity contribution in [1.29, 1.82) is 0 Å². The molecule has 11 rings (SSSR count). The van der Waals surface area contributed by atoms with Crippen molar-refractivity contribution in [2.75, 3.05) is 0 Å². The first-order valence-electron chi connectivity index (χ1n) is 19.6. The van der Waals surface area contributed by atoms with Crippen molar-refractivity contribution in [1.82, 2.24) is 10.6 Å². The second-order valence-electron chi connectivity index (χ2n) is 15.8. The van der Waals surface area contributed by atoms with E-state index >= 15 is 0 Å². The van der Waals surface area contributed by atoms with Crippen molar-refractivity contribution in [3.63, 3.8) is 0 Å². The van der Waals surface area contributed by atoms with Gasteiger partial charge in [0.25, 0.3) is 0 Å². The lowest BCUT2D eigenvalue weighted by Crippen LogP contribution is -2.39. The molecule has 1 aliphatic heterocycles. The summed E-state index contributed by atoms with van der Waals surface area (Å²) in [6, 6.07) is 65.0. The first kappa shape index (κ1) is 33.1. The van der Waals surface area contributed by atoms with E-state index in [-0.39, 0.29) is 17.6 Å². The Morgan fingerprint density at radius 2 is 1.18 bits per heavy atom. The lowest BCUT2D eigenvalue weighted by molar-refractivity contribution is 0.443. The van der Waals surface area contributed by atoms with Gasteiger partial charge >= 0.3 is 0 Å². The van der Waals surface area contributed by atoms with E-state index in [0.717, 1.165) is 5.70 Å². The van der Waals surface area contributed by atoms with Gasteiger partial charge in [0.15, 0.2) is 0 Å². The Hall–Kier alpha value is -6.26. The smallest absolute Gasteiger partial charge is 0.104 e. The summed E-state index contributed by atoms with van der Waals surface area (Å²) in [5, 5.41) is 13.1. The van der Waals surface area contributed by atoms with Crippen LogP contribution in [0, 0.1) is 0 Å². The molecule has 1 aliphatic carbocycles. The number of thiophene rings is 1. The maximum atomic E-state index is 3.94. The molecular weight excluding hydrogens is 697 g/mol. The van der Waals surface area contributed by atoms with Crippen molar-refractivity contribution in [3.05, 3.63) is 210 Å². The average molecular weight is 737 g/mol. The second-order valence-corrected chi connectivity index (χ2v) is 16.9. The van der Waals surface area contributed by atoms with Gasteiger partial charge in [-0.05, 0) is 121 Å². The van der Waals surface area contributed by atoms with Gasteiger partial charge < -0.3 is 5.32 Å². The molecule has 0 radical (unpaired) electrons. The molecule has 0 bridgehead atoms. The number of hydrogen-bond donors (Lipinski definition) is 2. The van der Waals surface area contributed by atoms with Gasteiger partial charge in [-0.2, -0.15) is 0 Å². The van der Waals surface area contributed by atoms with Crippen LogP contribution in [0.25, 0.3) is 70.0 Å². The SMILES string of the molecule is CC1(C)c2cc3ccccc3cc2-c2c(-c3cccc(C4=CC(c5cccc(-c6ccc7sc8ccccc8c7c6)c5)NC(c5ccccc5)N4)c3)cccc21. The van der Waals surface area contributed by atoms with Gasteiger partial charge in [0.2, 0.25) is 0 Å². The zero-order valence-electron chi connectivity index (χ0n) is 31.4. The molecule has 3 heteroatoms. The van der Waals surface area contributed by atoms with E-state index in [1.807, 2.05) is 11.3 Å². The van der Waals surface area contributed by atoms with Gasteiger partial charge in [0.05, 0.1) is 6.04 Å². The molecule has 2 atom stereocenters. The van der Waals surface area contributed by atoms with Crippen molar-refractivity contribution in [2.45, 2.75) is 31.5 Å². The standard InChI is InChI=1S/C53H40N2S/c1-53(2)45-23-12-22-41(51(45)44-30-35-15-6-7-16-36(35)31-46(44)53)38-18-11-20-40(28-38)48-32-47(54-52(55-48)33-13-4-3-5-14-33)39-19-10-17-34(27-39)37-25-26-50-43(29-37)42-21-8-9-24-49(42)56-50/h3-32,47,52,54-55H,1-2H3. The molecule has 56 heavy (non-hydrogen) atoms. The molecule has 0 saturated carbocycles. The number of nitrogens with one attached hydrogen (secondary N) is 2. The van der Waals surface area contributed by atoms with Crippen molar-refractivity contribution in [3.8, 4) is 33.4 Å². The first-order chi connectivity index (χ1) is 27.5. The third-order valence-electron chi connectivity index (χ3n) is 12.1. The van der Waals surface area contributed by atoms with Crippen LogP contribution < -0.4 is 10.6 Å². The van der Waals surface area contributed by atoms with Crippen LogP contribution in [0.5, 0.6) is 0 Å². The molecule has 1 aromatic heterocycles. The molecule has 268 valence electrons. The maximum Gasteiger partial charge on any atom is 0.104 e. The highest BCUT2D eigenvalue weighted by Crippen LogP contribution is 2.53. The lowest BCUT2D eigenvalue weighted by Gasteiger charge is -2.33. The topological polar surface area (TPSA) is 24.1 Å². The lowest BCUT2D eigenvalue weighted by atomic mass is 9.81. The van der Waals surface area contributed by atoms with Crippen molar-refractivity contribution < 1.29 is 0 Å². The number of hydrogen-bond acceptors (Lipinski definition) is 3. The fraction of sp³-hybridized carbons (Fsp3) is 0.0943. The number of benzene rings is 8. The van der Waals surface area contributed by atoms with E-state index in [4.69, 9.17) is 0 Å². The predicted octanol–water partition coefficient (Wildman–Crippen LogP) is 13.8. The minimum Gasteiger partial charge on any atom is -0.366 e. The van der Waals surface area contributed by atoms with Crippen LogP contribution in [0.3, 0.4) is 0 Å². The molecule has 2 heterocycles. The summed E-state index contributed by atoms with van der Waals surface area (Å²) in [6.07, 6.45) is 2.30. The number of rotatable bonds is 5. The Bertz CT molecular complexity index is 3020. The highest BCUT2D eigenvalue weighted by atomic mass is 32.1. The average Bonchev–Trinajstić information content (AvgIpc) is 3.74. The van der Waals surface area contributed by atoms with Gasteiger partial charge in [-0.1, -0.05) is 147 Å². The van der Waals surface area contributed by atoms with E-state index in [2.05, 4.69) is 206 Å². The zero-order valence-corrected chi connectivity index (χ0v) is 32.2. The Labute approximate surface area is 331 Å². The van der Waals surface area contributed by atoms with Crippen molar-refractivity contribution >= 4 is 48.0 Å². The molecule has 9 aromatic rings. The van der Waals surface area contributed by atoms with Crippen LogP contribution in [0.4, 0.5) is 0 Å². The van der Waals surface area contributed by atoms with Crippen LogP contribution >= 0.6 is 11.3 Å². The molecule has 2 unspecified atom stereocenters. The summed E-state index contributed by atoms with van der Waals surface area (Å²) < 4.78 is 2.66. The van der Waals surface area contributed by atoms with Crippen LogP contribution in [-0.4, -0.2) is 0 Å². The van der Waals surface area contributed by atoms with Gasteiger partial charge in [0, 0.05) is 31.3 Å².